The summed E-state index contributed by atoms with van der Waals surface area (Å²) in [4.78, 5) is 32.4. The number of benzene rings is 2. The van der Waals surface area contributed by atoms with Crippen LogP contribution in [0, 0.1) is 5.41 Å². The number of allylic oxidation sites excluding steroid dienone is 4. The summed E-state index contributed by atoms with van der Waals surface area (Å²) in [5.41, 5.74) is 2.80. The van der Waals surface area contributed by atoms with Crippen LogP contribution >= 0.6 is 0 Å². The molecule has 0 fully saturated rings. The van der Waals surface area contributed by atoms with Crippen LogP contribution in [0.3, 0.4) is 0 Å². The van der Waals surface area contributed by atoms with Gasteiger partial charge in [-0.05, 0) is 80.9 Å². The number of para-hydroxylation sites is 2. The smallest absolute Gasteiger partial charge is 0.222 e. The zero-order valence-electron chi connectivity index (χ0n) is 37.4. The van der Waals surface area contributed by atoms with Crippen LogP contribution in [-0.2, 0) is 21.5 Å². The number of fused-ring (bicyclic) bond motifs is 2. The van der Waals surface area contributed by atoms with Gasteiger partial charge in [0.15, 0.2) is 0 Å². The van der Waals surface area contributed by atoms with E-state index in [2.05, 4.69) is 91.7 Å². The Kier molecular flexibility index (Phi) is 23.1. The maximum absolute atomic E-state index is 12.4. The van der Waals surface area contributed by atoms with Gasteiger partial charge in [-0.15, -0.1) is 0 Å². The Morgan fingerprint density at radius 1 is 0.746 bits per heavy atom. The van der Waals surface area contributed by atoms with Gasteiger partial charge < -0.3 is 25.3 Å². The van der Waals surface area contributed by atoms with Crippen molar-refractivity contribution < 1.29 is 14.7 Å². The summed E-state index contributed by atoms with van der Waals surface area (Å²) in [7, 11) is 7.88. The summed E-state index contributed by atoms with van der Waals surface area (Å²) in [6.07, 6.45) is 35.1. The highest BCUT2D eigenvalue weighted by Crippen LogP contribution is 2.29. The van der Waals surface area contributed by atoms with Gasteiger partial charge in [0.1, 0.15) is 7.85 Å². The van der Waals surface area contributed by atoms with E-state index >= 15 is 0 Å². The van der Waals surface area contributed by atoms with Crippen molar-refractivity contribution in [3.63, 3.8) is 0 Å². The minimum absolute atomic E-state index is 0.0256. The van der Waals surface area contributed by atoms with Crippen molar-refractivity contribution in [1.29, 1.82) is 0 Å². The average Bonchev–Trinajstić information content (AvgIpc) is 3.86. The predicted molar refractivity (Wildman–Crippen MR) is 252 cm³/mol. The van der Waals surface area contributed by atoms with Gasteiger partial charge in [0.2, 0.25) is 11.8 Å². The Morgan fingerprint density at radius 2 is 1.32 bits per heavy atom. The van der Waals surface area contributed by atoms with Crippen molar-refractivity contribution in [2.75, 3.05) is 20.1 Å². The molecule has 0 spiro atoms. The van der Waals surface area contributed by atoms with Gasteiger partial charge in [0.05, 0.1) is 5.50 Å². The standard InChI is InChI=1S/C28H42N2O.C23H35BN2O2/c1-2-3-4-5-6-7-8-9-10-11-12-13-14-15-16-21-28(31)29-23-22-25-24-30-27-20-18-17-19-26(25)27;1-5-22(2,3)15-11-7-6-8-14-21(27)26(4)17-23(24,28)19-16-25-20-13-10-9-12-18(19)20/h6-7,9-10,17-20,24,30H,2-5,8,11-16,21-23H2,1H3,(H,29,31);9-10,12-13,16,25,28H,5-8,11,14-15,17H2,1-4H3/b7-6-,10-9-;. The Hall–Kier alpha value is -4.04. The highest BCUT2D eigenvalue weighted by molar-refractivity contribution is 6.16. The molecule has 4 N–H and O–H groups in total. The van der Waals surface area contributed by atoms with Crippen molar-refractivity contribution in [2.45, 2.75) is 162 Å². The molecule has 8 heteroatoms. The number of carbonyl (C=O) groups is 2. The largest absolute Gasteiger partial charge is 0.393 e. The molecule has 0 aliphatic rings. The van der Waals surface area contributed by atoms with Crippen molar-refractivity contribution in [3.05, 3.63) is 96.4 Å². The highest BCUT2D eigenvalue weighted by atomic mass is 16.3. The second-order valence-corrected chi connectivity index (χ2v) is 17.3. The molecule has 0 saturated carbocycles. The summed E-state index contributed by atoms with van der Waals surface area (Å²) in [5.74, 6) is 0.211. The second-order valence-electron chi connectivity index (χ2n) is 17.3. The van der Waals surface area contributed by atoms with Crippen LogP contribution in [0.2, 0.25) is 0 Å². The molecule has 1 unspecified atom stereocenters. The molecule has 2 heterocycles. The topological polar surface area (TPSA) is 101 Å². The molecule has 0 aliphatic carbocycles. The van der Waals surface area contributed by atoms with Crippen LogP contribution in [0.1, 0.15) is 161 Å². The molecule has 4 rings (SSSR count). The second kappa shape index (κ2) is 27.7. The van der Waals surface area contributed by atoms with E-state index in [4.69, 9.17) is 7.85 Å². The van der Waals surface area contributed by atoms with E-state index in [-0.39, 0.29) is 18.4 Å². The summed E-state index contributed by atoms with van der Waals surface area (Å²) < 4.78 is 0. The first kappa shape index (κ1) is 49.3. The van der Waals surface area contributed by atoms with Crippen LogP contribution in [0.5, 0.6) is 0 Å². The number of nitrogens with zero attached hydrogens (tertiary/aromatic N) is 1. The minimum Gasteiger partial charge on any atom is -0.393 e. The molecule has 322 valence electrons. The Labute approximate surface area is 358 Å². The molecular formula is C51H77BN4O3. The van der Waals surface area contributed by atoms with Crippen molar-refractivity contribution in [3.8, 4) is 0 Å². The quantitative estimate of drug-likeness (QED) is 0.0261. The number of hydrogen-bond donors (Lipinski definition) is 4. The number of amides is 2. The normalized spacial score (nSPS) is 12.9. The third kappa shape index (κ3) is 19.3. The van der Waals surface area contributed by atoms with E-state index in [0.717, 1.165) is 61.4 Å². The number of unbranched alkanes of at least 4 members (excludes halogenated alkanes) is 11. The van der Waals surface area contributed by atoms with Gasteiger partial charge in [0.25, 0.3) is 0 Å². The number of likely N-dealkylation sites (N-methyl/N-ethyl adjacent to an activating group) is 1. The van der Waals surface area contributed by atoms with E-state index in [1.165, 1.54) is 81.6 Å². The zero-order chi connectivity index (χ0) is 42.8. The molecule has 2 radical (unpaired) electrons. The van der Waals surface area contributed by atoms with E-state index in [1.807, 2.05) is 30.3 Å². The van der Waals surface area contributed by atoms with Crippen molar-refractivity contribution in [1.82, 2.24) is 20.2 Å². The molecule has 2 aromatic carbocycles. The molecule has 0 bridgehead atoms. The number of carbonyl (C=O) groups excluding carboxylic acids is 2. The Bertz CT molecular complexity index is 1820. The van der Waals surface area contributed by atoms with Gasteiger partial charge in [-0.2, -0.15) is 0 Å². The molecule has 2 aromatic heterocycles. The van der Waals surface area contributed by atoms with E-state index < -0.39 is 5.50 Å². The molecule has 4 aromatic rings. The molecule has 0 saturated heterocycles. The molecule has 7 nitrogen and oxygen atoms in total. The summed E-state index contributed by atoms with van der Waals surface area (Å²) >= 11 is 0. The van der Waals surface area contributed by atoms with Crippen LogP contribution in [0.15, 0.2) is 85.2 Å². The van der Waals surface area contributed by atoms with Gasteiger partial charge >= 0.3 is 0 Å². The van der Waals surface area contributed by atoms with Gasteiger partial charge in [-0.3, -0.25) is 9.59 Å². The number of aromatic nitrogens is 2. The molecule has 0 aliphatic heterocycles. The van der Waals surface area contributed by atoms with Gasteiger partial charge in [-0.25, -0.2) is 0 Å². The first-order valence-electron chi connectivity index (χ1n) is 22.9. The molecule has 2 amide bonds. The van der Waals surface area contributed by atoms with E-state index in [9.17, 15) is 14.7 Å². The van der Waals surface area contributed by atoms with E-state index in [1.54, 1.807) is 18.1 Å². The third-order valence-corrected chi connectivity index (χ3v) is 11.7. The average molecular weight is 805 g/mol. The fraction of sp³-hybridized carbons (Fsp3) is 0.569. The highest BCUT2D eigenvalue weighted by Gasteiger charge is 2.28. The van der Waals surface area contributed by atoms with Crippen LogP contribution in [-0.4, -0.2) is 59.8 Å². The summed E-state index contributed by atoms with van der Waals surface area (Å²) in [5, 5.41) is 16.0. The Balaban J connectivity index is 0.000000317. The first-order chi connectivity index (χ1) is 28.5. The first-order valence-corrected chi connectivity index (χ1v) is 22.9. The molecule has 1 atom stereocenters. The number of H-pyrrole nitrogens is 2. The third-order valence-electron chi connectivity index (χ3n) is 11.7. The number of hydrogen-bond acceptors (Lipinski definition) is 3. The van der Waals surface area contributed by atoms with Gasteiger partial charge in [-0.1, -0.05) is 146 Å². The maximum Gasteiger partial charge on any atom is 0.222 e. The lowest BCUT2D eigenvalue weighted by atomic mass is 9.75. The minimum atomic E-state index is -1.59. The maximum atomic E-state index is 12.4. The number of nitrogens with one attached hydrogen (secondary N) is 3. The fourth-order valence-electron chi connectivity index (χ4n) is 7.43. The Morgan fingerprint density at radius 3 is 2.02 bits per heavy atom. The lowest BCUT2D eigenvalue weighted by Gasteiger charge is -2.30. The zero-order valence-corrected chi connectivity index (χ0v) is 37.4. The predicted octanol–water partition coefficient (Wildman–Crippen LogP) is 12.4. The molecule has 59 heavy (non-hydrogen) atoms. The summed E-state index contributed by atoms with van der Waals surface area (Å²) in [6.45, 7) is 9.89. The van der Waals surface area contributed by atoms with Crippen molar-refractivity contribution in [2.24, 2.45) is 5.41 Å². The number of aliphatic hydroxyl groups is 1. The van der Waals surface area contributed by atoms with Crippen LogP contribution < -0.4 is 5.32 Å². The van der Waals surface area contributed by atoms with Gasteiger partial charge in [0, 0.05) is 72.7 Å². The van der Waals surface area contributed by atoms with Crippen LogP contribution in [0.25, 0.3) is 21.8 Å². The van der Waals surface area contributed by atoms with Crippen molar-refractivity contribution >= 4 is 41.5 Å². The lowest BCUT2D eigenvalue weighted by Crippen LogP contribution is -2.42. The molecular weight excluding hydrogens is 727 g/mol. The fourth-order valence-corrected chi connectivity index (χ4v) is 7.43. The summed E-state index contributed by atoms with van der Waals surface area (Å²) in [6, 6.07) is 16.0. The number of rotatable bonds is 28. The lowest BCUT2D eigenvalue weighted by molar-refractivity contribution is -0.132. The number of aromatic amines is 2. The SMILES string of the molecule is CCCCC/C=C\C/C=C\CCCCCCCC(=O)NCCc1c[nH]c2ccccc12.[B]C(O)(CN(C)C(=O)CCCCCCC(C)(C)CC)c1c[nH]c2ccccc12. The van der Waals surface area contributed by atoms with E-state index in [0.29, 0.717) is 30.4 Å². The van der Waals surface area contributed by atoms with Crippen LogP contribution in [0.4, 0.5) is 0 Å². The monoisotopic (exact) mass is 805 g/mol.